The lowest BCUT2D eigenvalue weighted by molar-refractivity contribution is 0.389. The van der Waals surface area contributed by atoms with Gasteiger partial charge in [0.15, 0.2) is 11.5 Å². The van der Waals surface area contributed by atoms with Crippen molar-refractivity contribution in [1.82, 2.24) is 0 Å². The van der Waals surface area contributed by atoms with Gasteiger partial charge < -0.3 is 10.2 Å². The Kier molecular flexibility index (Phi) is 2.44. The lowest BCUT2D eigenvalue weighted by Crippen LogP contribution is -2.11. The van der Waals surface area contributed by atoms with E-state index in [1.807, 2.05) is 20.8 Å². The fourth-order valence-corrected chi connectivity index (χ4v) is 1.31. The second kappa shape index (κ2) is 3.11. The Morgan fingerprint density at radius 1 is 1.08 bits per heavy atom. The molecule has 0 spiro atoms. The molecule has 0 heterocycles. The van der Waals surface area contributed by atoms with Gasteiger partial charge in [-0.05, 0) is 11.5 Å². The number of phenols is 2. The maximum atomic E-state index is 9.58. The van der Waals surface area contributed by atoms with Gasteiger partial charge in [0.25, 0.3) is 0 Å². The SMILES string of the molecule is CC(C)(C)c1ccc(Cl)c(O)c1O. The molecule has 0 fully saturated rings. The summed E-state index contributed by atoms with van der Waals surface area (Å²) in [6.45, 7) is 5.86. The molecule has 0 aliphatic rings. The molecular formula is C10H13ClO2. The van der Waals surface area contributed by atoms with E-state index in [0.717, 1.165) is 0 Å². The van der Waals surface area contributed by atoms with Crippen LogP contribution in [0, 0.1) is 0 Å². The molecule has 3 heteroatoms. The van der Waals surface area contributed by atoms with Gasteiger partial charge in [0, 0.05) is 5.56 Å². The number of phenolic OH excluding ortho intramolecular Hbond substituents is 2. The van der Waals surface area contributed by atoms with E-state index in [2.05, 4.69) is 0 Å². The molecule has 0 aliphatic carbocycles. The maximum Gasteiger partial charge on any atom is 0.176 e. The lowest BCUT2D eigenvalue weighted by atomic mass is 9.86. The fourth-order valence-electron chi connectivity index (χ4n) is 1.16. The summed E-state index contributed by atoms with van der Waals surface area (Å²) in [6, 6.07) is 3.30. The molecule has 0 amide bonds. The van der Waals surface area contributed by atoms with Crippen LogP contribution in [0.25, 0.3) is 0 Å². The summed E-state index contributed by atoms with van der Waals surface area (Å²) in [5, 5.41) is 19.1. The Morgan fingerprint density at radius 2 is 1.62 bits per heavy atom. The van der Waals surface area contributed by atoms with Crippen molar-refractivity contribution >= 4 is 11.6 Å². The molecule has 0 aromatic heterocycles. The van der Waals surface area contributed by atoms with Gasteiger partial charge in [-0.3, -0.25) is 0 Å². The summed E-state index contributed by atoms with van der Waals surface area (Å²) in [5.41, 5.74) is 0.487. The van der Waals surface area contributed by atoms with Crippen LogP contribution < -0.4 is 0 Å². The molecule has 0 atom stereocenters. The average Bonchev–Trinajstić information content (AvgIpc) is 1.98. The summed E-state index contributed by atoms with van der Waals surface area (Å²) in [4.78, 5) is 0. The maximum absolute atomic E-state index is 9.58. The normalized spacial score (nSPS) is 11.7. The van der Waals surface area contributed by atoms with Crippen LogP contribution in [0.3, 0.4) is 0 Å². The Hall–Kier alpha value is -0.890. The van der Waals surface area contributed by atoms with Gasteiger partial charge in [-0.2, -0.15) is 0 Å². The first kappa shape index (κ1) is 10.2. The van der Waals surface area contributed by atoms with Crippen molar-refractivity contribution in [2.24, 2.45) is 0 Å². The van der Waals surface area contributed by atoms with Gasteiger partial charge in [0.2, 0.25) is 0 Å². The average molecular weight is 201 g/mol. The third-order valence-electron chi connectivity index (χ3n) is 1.91. The summed E-state index contributed by atoms with van der Waals surface area (Å²) in [7, 11) is 0. The number of hydrogen-bond acceptors (Lipinski definition) is 2. The number of benzene rings is 1. The molecule has 2 nitrogen and oxygen atoms in total. The van der Waals surface area contributed by atoms with Crippen molar-refractivity contribution in [3.05, 3.63) is 22.7 Å². The third-order valence-corrected chi connectivity index (χ3v) is 2.21. The van der Waals surface area contributed by atoms with E-state index in [0.29, 0.717) is 5.56 Å². The van der Waals surface area contributed by atoms with Crippen molar-refractivity contribution < 1.29 is 10.2 Å². The highest BCUT2D eigenvalue weighted by Crippen LogP contribution is 2.40. The van der Waals surface area contributed by atoms with Gasteiger partial charge in [0.05, 0.1) is 5.02 Å². The molecule has 72 valence electrons. The first-order chi connectivity index (χ1) is 5.84. The highest BCUT2D eigenvalue weighted by Gasteiger charge is 2.21. The van der Waals surface area contributed by atoms with E-state index in [-0.39, 0.29) is 21.9 Å². The monoisotopic (exact) mass is 200 g/mol. The van der Waals surface area contributed by atoms with Crippen LogP contribution in [0.4, 0.5) is 0 Å². The summed E-state index contributed by atoms with van der Waals surface area (Å²) in [6.07, 6.45) is 0. The molecule has 1 rings (SSSR count). The second-order valence-corrected chi connectivity index (χ2v) is 4.45. The molecule has 0 bridgehead atoms. The quantitative estimate of drug-likeness (QED) is 0.632. The van der Waals surface area contributed by atoms with Crippen LogP contribution >= 0.6 is 11.6 Å². The molecule has 1 aromatic rings. The zero-order chi connectivity index (χ0) is 10.2. The van der Waals surface area contributed by atoms with E-state index in [4.69, 9.17) is 11.6 Å². The van der Waals surface area contributed by atoms with E-state index in [9.17, 15) is 10.2 Å². The van der Waals surface area contributed by atoms with Crippen LogP contribution in [0.15, 0.2) is 12.1 Å². The van der Waals surface area contributed by atoms with Crippen molar-refractivity contribution in [3.8, 4) is 11.5 Å². The van der Waals surface area contributed by atoms with Crippen LogP contribution in [-0.4, -0.2) is 10.2 Å². The minimum Gasteiger partial charge on any atom is -0.504 e. The number of aromatic hydroxyl groups is 2. The highest BCUT2D eigenvalue weighted by molar-refractivity contribution is 6.32. The van der Waals surface area contributed by atoms with Crippen molar-refractivity contribution in [2.75, 3.05) is 0 Å². The predicted molar refractivity (Wildman–Crippen MR) is 53.5 cm³/mol. The number of rotatable bonds is 0. The van der Waals surface area contributed by atoms with Crippen LogP contribution in [-0.2, 0) is 5.41 Å². The molecule has 0 radical (unpaired) electrons. The summed E-state index contributed by atoms with van der Waals surface area (Å²) in [5.74, 6) is -0.367. The Morgan fingerprint density at radius 3 is 2.08 bits per heavy atom. The van der Waals surface area contributed by atoms with Crippen molar-refractivity contribution in [1.29, 1.82) is 0 Å². The molecule has 2 N–H and O–H groups in total. The first-order valence-electron chi connectivity index (χ1n) is 4.05. The molecule has 0 unspecified atom stereocenters. The van der Waals surface area contributed by atoms with Crippen molar-refractivity contribution in [2.45, 2.75) is 26.2 Å². The first-order valence-corrected chi connectivity index (χ1v) is 4.42. The predicted octanol–water partition coefficient (Wildman–Crippen LogP) is 3.05. The smallest absolute Gasteiger partial charge is 0.176 e. The zero-order valence-electron chi connectivity index (χ0n) is 7.93. The molecule has 0 saturated heterocycles. The number of halogens is 1. The third kappa shape index (κ3) is 1.89. The van der Waals surface area contributed by atoms with E-state index in [1.54, 1.807) is 12.1 Å². The minimum absolute atomic E-state index is 0.125. The topological polar surface area (TPSA) is 40.5 Å². The van der Waals surface area contributed by atoms with Crippen LogP contribution in [0.5, 0.6) is 11.5 Å². The van der Waals surface area contributed by atoms with Crippen LogP contribution in [0.1, 0.15) is 26.3 Å². The molecule has 1 aromatic carbocycles. The molecule has 0 aliphatic heterocycles. The van der Waals surface area contributed by atoms with Crippen molar-refractivity contribution in [3.63, 3.8) is 0 Å². The number of hydrogen-bond donors (Lipinski definition) is 2. The second-order valence-electron chi connectivity index (χ2n) is 4.04. The Labute approximate surface area is 82.8 Å². The summed E-state index contributed by atoms with van der Waals surface area (Å²) >= 11 is 5.63. The van der Waals surface area contributed by atoms with Gasteiger partial charge in [-0.15, -0.1) is 0 Å². The zero-order valence-corrected chi connectivity index (χ0v) is 8.68. The molecule has 13 heavy (non-hydrogen) atoms. The van der Waals surface area contributed by atoms with Gasteiger partial charge in [0.1, 0.15) is 0 Å². The van der Waals surface area contributed by atoms with E-state index in [1.165, 1.54) is 0 Å². The fraction of sp³-hybridized carbons (Fsp3) is 0.400. The largest absolute Gasteiger partial charge is 0.504 e. The Bertz CT molecular complexity index is 326. The Balaban J connectivity index is 3.35. The minimum atomic E-state index is -0.242. The highest BCUT2D eigenvalue weighted by atomic mass is 35.5. The van der Waals surface area contributed by atoms with Gasteiger partial charge in [-0.25, -0.2) is 0 Å². The molecular weight excluding hydrogens is 188 g/mol. The summed E-state index contributed by atoms with van der Waals surface area (Å²) < 4.78 is 0. The van der Waals surface area contributed by atoms with E-state index < -0.39 is 0 Å². The van der Waals surface area contributed by atoms with Gasteiger partial charge in [-0.1, -0.05) is 38.4 Å². The molecule has 0 saturated carbocycles. The standard InChI is InChI=1S/C10H13ClO2/c1-10(2,3)6-4-5-7(11)9(13)8(6)12/h4-5,12-13H,1-3H3. The lowest BCUT2D eigenvalue weighted by Gasteiger charge is -2.20. The van der Waals surface area contributed by atoms with Gasteiger partial charge >= 0.3 is 0 Å². The van der Waals surface area contributed by atoms with E-state index >= 15 is 0 Å². The van der Waals surface area contributed by atoms with Crippen LogP contribution in [0.2, 0.25) is 5.02 Å².